The van der Waals surface area contributed by atoms with E-state index in [0.717, 1.165) is 28.1 Å². The quantitative estimate of drug-likeness (QED) is 0.616. The predicted molar refractivity (Wildman–Crippen MR) is 99.0 cm³/mol. The maximum absolute atomic E-state index is 12.7. The summed E-state index contributed by atoms with van der Waals surface area (Å²) < 4.78 is 3.72. The molecule has 4 aromatic rings. The van der Waals surface area contributed by atoms with Crippen molar-refractivity contribution >= 4 is 22.6 Å². The number of nitrogens with one attached hydrogen (secondary N) is 1. The minimum atomic E-state index is -0.166. The van der Waals surface area contributed by atoms with Gasteiger partial charge in [-0.15, -0.1) is 0 Å². The monoisotopic (exact) mass is 346 g/mol. The van der Waals surface area contributed by atoms with Crippen LogP contribution in [0.5, 0.6) is 0 Å². The average molecular weight is 346 g/mol. The van der Waals surface area contributed by atoms with Crippen molar-refractivity contribution in [2.24, 2.45) is 7.05 Å². The Morgan fingerprint density at radius 2 is 2.04 bits per heavy atom. The van der Waals surface area contributed by atoms with Gasteiger partial charge in [0, 0.05) is 18.3 Å². The number of imidazole rings is 1. The molecule has 4 rings (SSSR count). The van der Waals surface area contributed by atoms with E-state index in [1.807, 2.05) is 61.0 Å². The SMILES string of the molecule is Cc1nc2cc(C(=O)Nc3ccccc3Cn3cncn3)ccc2n1C. The highest BCUT2D eigenvalue weighted by Crippen LogP contribution is 2.20. The molecule has 2 heterocycles. The van der Waals surface area contributed by atoms with E-state index in [0.29, 0.717) is 12.1 Å². The molecule has 2 aromatic heterocycles. The Morgan fingerprint density at radius 3 is 2.85 bits per heavy atom. The van der Waals surface area contributed by atoms with Crippen LogP contribution < -0.4 is 5.32 Å². The van der Waals surface area contributed by atoms with Gasteiger partial charge in [0.1, 0.15) is 18.5 Å². The number of carbonyl (C=O) groups excluding carboxylic acids is 1. The minimum absolute atomic E-state index is 0.166. The smallest absolute Gasteiger partial charge is 0.255 e. The van der Waals surface area contributed by atoms with E-state index in [4.69, 9.17) is 0 Å². The van der Waals surface area contributed by atoms with Crippen molar-refractivity contribution in [3.8, 4) is 0 Å². The standard InChI is InChI=1S/C19H18N6O/c1-13-22-17-9-14(7-8-18(17)24(13)2)19(26)23-16-6-4-3-5-15(16)10-25-12-20-11-21-25/h3-9,11-12H,10H2,1-2H3,(H,23,26). The number of carbonyl (C=O) groups is 1. The van der Waals surface area contributed by atoms with Crippen molar-refractivity contribution < 1.29 is 4.79 Å². The second-order valence-electron chi connectivity index (χ2n) is 6.13. The molecule has 0 atom stereocenters. The number of hydrogen-bond donors (Lipinski definition) is 1. The second kappa shape index (κ2) is 6.44. The number of para-hydroxylation sites is 1. The molecule has 7 heteroatoms. The van der Waals surface area contributed by atoms with Gasteiger partial charge in [0.05, 0.1) is 17.6 Å². The lowest BCUT2D eigenvalue weighted by atomic mass is 10.1. The predicted octanol–water partition coefficient (Wildman–Crippen LogP) is 2.77. The molecule has 0 aliphatic rings. The van der Waals surface area contributed by atoms with Crippen molar-refractivity contribution in [1.82, 2.24) is 24.3 Å². The lowest BCUT2D eigenvalue weighted by Gasteiger charge is -2.11. The summed E-state index contributed by atoms with van der Waals surface area (Å²) in [5, 5.41) is 7.11. The Bertz CT molecular complexity index is 1080. The van der Waals surface area contributed by atoms with Crippen LogP contribution in [0.25, 0.3) is 11.0 Å². The van der Waals surface area contributed by atoms with Crippen LogP contribution in [0.2, 0.25) is 0 Å². The summed E-state index contributed by atoms with van der Waals surface area (Å²) >= 11 is 0. The maximum atomic E-state index is 12.7. The Labute approximate surface area is 150 Å². The number of aryl methyl sites for hydroxylation is 2. The van der Waals surface area contributed by atoms with E-state index < -0.39 is 0 Å². The molecule has 0 bridgehead atoms. The van der Waals surface area contributed by atoms with Crippen molar-refractivity contribution in [2.45, 2.75) is 13.5 Å². The van der Waals surface area contributed by atoms with Gasteiger partial charge in [-0.1, -0.05) is 18.2 Å². The van der Waals surface area contributed by atoms with Crippen LogP contribution in [0.1, 0.15) is 21.7 Å². The van der Waals surface area contributed by atoms with Crippen LogP contribution in [0.4, 0.5) is 5.69 Å². The summed E-state index contributed by atoms with van der Waals surface area (Å²) in [4.78, 5) is 21.2. The van der Waals surface area contributed by atoms with Gasteiger partial charge in [-0.05, 0) is 36.8 Å². The third-order valence-electron chi connectivity index (χ3n) is 4.43. The Kier molecular flexibility index (Phi) is 3.96. The molecule has 1 amide bonds. The van der Waals surface area contributed by atoms with Gasteiger partial charge < -0.3 is 9.88 Å². The molecule has 0 aliphatic carbocycles. The number of nitrogens with zero attached hydrogens (tertiary/aromatic N) is 5. The van der Waals surface area contributed by atoms with Gasteiger partial charge in [-0.3, -0.25) is 4.79 Å². The molecule has 0 fully saturated rings. The highest BCUT2D eigenvalue weighted by Gasteiger charge is 2.12. The van der Waals surface area contributed by atoms with E-state index >= 15 is 0 Å². The molecule has 26 heavy (non-hydrogen) atoms. The first-order chi connectivity index (χ1) is 12.6. The number of amides is 1. The van der Waals surface area contributed by atoms with Crippen molar-refractivity contribution in [3.05, 3.63) is 72.1 Å². The number of benzene rings is 2. The van der Waals surface area contributed by atoms with E-state index in [2.05, 4.69) is 20.4 Å². The summed E-state index contributed by atoms with van der Waals surface area (Å²) in [6, 6.07) is 13.2. The number of fused-ring (bicyclic) bond motifs is 1. The van der Waals surface area contributed by atoms with Crippen LogP contribution in [0.15, 0.2) is 55.1 Å². The number of rotatable bonds is 4. The molecular formula is C19H18N6O. The fourth-order valence-electron chi connectivity index (χ4n) is 2.93. The average Bonchev–Trinajstić information content (AvgIpc) is 3.25. The zero-order chi connectivity index (χ0) is 18.1. The fraction of sp³-hybridized carbons (Fsp3) is 0.158. The van der Waals surface area contributed by atoms with Gasteiger partial charge in [0.2, 0.25) is 0 Å². The fourth-order valence-corrected chi connectivity index (χ4v) is 2.93. The van der Waals surface area contributed by atoms with Crippen LogP contribution in [-0.4, -0.2) is 30.2 Å². The van der Waals surface area contributed by atoms with Crippen LogP contribution in [-0.2, 0) is 13.6 Å². The first kappa shape index (κ1) is 16.0. The van der Waals surface area contributed by atoms with Crippen molar-refractivity contribution in [1.29, 1.82) is 0 Å². The first-order valence-corrected chi connectivity index (χ1v) is 8.26. The molecule has 0 spiro atoms. The third-order valence-corrected chi connectivity index (χ3v) is 4.43. The summed E-state index contributed by atoms with van der Waals surface area (Å²) in [5.74, 6) is 0.747. The third kappa shape index (κ3) is 2.95. The van der Waals surface area contributed by atoms with Gasteiger partial charge >= 0.3 is 0 Å². The molecule has 0 radical (unpaired) electrons. The van der Waals surface area contributed by atoms with E-state index in [-0.39, 0.29) is 5.91 Å². The molecule has 2 aromatic carbocycles. The molecular weight excluding hydrogens is 328 g/mol. The van der Waals surface area contributed by atoms with E-state index in [1.165, 1.54) is 6.33 Å². The maximum Gasteiger partial charge on any atom is 0.255 e. The lowest BCUT2D eigenvalue weighted by molar-refractivity contribution is 0.102. The second-order valence-corrected chi connectivity index (χ2v) is 6.13. The van der Waals surface area contributed by atoms with E-state index in [9.17, 15) is 4.79 Å². The van der Waals surface area contributed by atoms with Crippen LogP contribution >= 0.6 is 0 Å². The zero-order valence-electron chi connectivity index (χ0n) is 14.5. The molecule has 0 saturated heterocycles. The molecule has 1 N–H and O–H groups in total. The highest BCUT2D eigenvalue weighted by molar-refractivity contribution is 6.06. The Morgan fingerprint density at radius 1 is 1.19 bits per heavy atom. The number of aromatic nitrogens is 5. The normalized spacial score (nSPS) is 11.0. The van der Waals surface area contributed by atoms with Crippen molar-refractivity contribution in [3.63, 3.8) is 0 Å². The number of anilines is 1. The topological polar surface area (TPSA) is 77.6 Å². The van der Waals surface area contributed by atoms with Gasteiger partial charge in [-0.25, -0.2) is 14.6 Å². The summed E-state index contributed by atoms with van der Waals surface area (Å²) in [6.07, 6.45) is 3.14. The van der Waals surface area contributed by atoms with Crippen molar-refractivity contribution in [2.75, 3.05) is 5.32 Å². The van der Waals surface area contributed by atoms with Crippen LogP contribution in [0, 0.1) is 6.92 Å². The lowest BCUT2D eigenvalue weighted by Crippen LogP contribution is -2.14. The Hall–Kier alpha value is -3.48. The molecule has 130 valence electrons. The van der Waals surface area contributed by atoms with Gasteiger partial charge in [0.15, 0.2) is 0 Å². The van der Waals surface area contributed by atoms with Gasteiger partial charge in [-0.2, -0.15) is 5.10 Å². The van der Waals surface area contributed by atoms with Gasteiger partial charge in [0.25, 0.3) is 5.91 Å². The summed E-state index contributed by atoms with van der Waals surface area (Å²) in [5.41, 5.74) is 4.11. The molecule has 0 unspecified atom stereocenters. The molecule has 7 nitrogen and oxygen atoms in total. The summed E-state index contributed by atoms with van der Waals surface area (Å²) in [6.45, 7) is 2.48. The Balaban J connectivity index is 1.60. The first-order valence-electron chi connectivity index (χ1n) is 8.26. The minimum Gasteiger partial charge on any atom is -0.331 e. The largest absolute Gasteiger partial charge is 0.331 e. The summed E-state index contributed by atoms with van der Waals surface area (Å²) in [7, 11) is 1.96. The van der Waals surface area contributed by atoms with Crippen LogP contribution in [0.3, 0.4) is 0 Å². The molecule has 0 saturated carbocycles. The van der Waals surface area contributed by atoms with E-state index in [1.54, 1.807) is 11.0 Å². The zero-order valence-corrected chi connectivity index (χ0v) is 14.5. The molecule has 0 aliphatic heterocycles. The number of hydrogen-bond acceptors (Lipinski definition) is 4. The highest BCUT2D eigenvalue weighted by atomic mass is 16.1.